The van der Waals surface area contributed by atoms with Crippen LogP contribution in [0, 0.1) is 0 Å². The SMILES string of the molecule is CCCCCCCCCCCCCC(N)=O.CCC[N+](C)(C)C.[I-]. The Morgan fingerprint density at radius 3 is 1.33 bits per heavy atom. The van der Waals surface area contributed by atoms with Crippen molar-refractivity contribution in [2.24, 2.45) is 5.73 Å². The van der Waals surface area contributed by atoms with E-state index in [9.17, 15) is 4.79 Å². The summed E-state index contributed by atoms with van der Waals surface area (Å²) in [6.45, 7) is 5.75. The van der Waals surface area contributed by atoms with Gasteiger partial charge in [-0.25, -0.2) is 0 Å². The average molecular weight is 456 g/mol. The first-order valence-corrected chi connectivity index (χ1v) is 9.92. The zero-order valence-corrected chi connectivity index (χ0v) is 19.4. The lowest BCUT2D eigenvalue weighted by Crippen LogP contribution is -3.00. The van der Waals surface area contributed by atoms with Crippen molar-refractivity contribution in [2.45, 2.75) is 97.3 Å². The van der Waals surface area contributed by atoms with Gasteiger partial charge in [-0.1, -0.05) is 78.1 Å². The van der Waals surface area contributed by atoms with Crippen LogP contribution in [-0.4, -0.2) is 38.1 Å². The fourth-order valence-corrected chi connectivity index (χ4v) is 2.63. The van der Waals surface area contributed by atoms with Crippen LogP contribution in [0.4, 0.5) is 0 Å². The molecule has 0 spiro atoms. The summed E-state index contributed by atoms with van der Waals surface area (Å²) in [5.41, 5.74) is 5.07. The molecule has 0 atom stereocenters. The number of carbonyl (C=O) groups is 1. The van der Waals surface area contributed by atoms with Gasteiger partial charge in [-0.3, -0.25) is 4.79 Å². The van der Waals surface area contributed by atoms with Crippen LogP contribution in [-0.2, 0) is 4.79 Å². The molecule has 24 heavy (non-hydrogen) atoms. The first-order valence-electron chi connectivity index (χ1n) is 9.92. The molecule has 148 valence electrons. The Morgan fingerprint density at radius 2 is 1.08 bits per heavy atom. The normalized spacial score (nSPS) is 10.5. The summed E-state index contributed by atoms with van der Waals surface area (Å²) in [6, 6.07) is 0. The topological polar surface area (TPSA) is 43.1 Å². The van der Waals surface area contributed by atoms with Crippen LogP contribution in [0.25, 0.3) is 0 Å². The van der Waals surface area contributed by atoms with Crippen molar-refractivity contribution in [3.63, 3.8) is 0 Å². The van der Waals surface area contributed by atoms with Gasteiger partial charge >= 0.3 is 0 Å². The number of halogens is 1. The summed E-state index contributed by atoms with van der Waals surface area (Å²) in [5, 5.41) is 0. The zero-order valence-electron chi connectivity index (χ0n) is 17.2. The third kappa shape index (κ3) is 33.7. The maximum absolute atomic E-state index is 10.5. The predicted molar refractivity (Wildman–Crippen MR) is 103 cm³/mol. The van der Waals surface area contributed by atoms with E-state index in [0.717, 1.165) is 10.9 Å². The third-order valence-corrected chi connectivity index (χ3v) is 3.92. The first kappa shape index (κ1) is 28.9. The Bertz CT molecular complexity index is 253. The monoisotopic (exact) mass is 456 g/mol. The summed E-state index contributed by atoms with van der Waals surface area (Å²) < 4.78 is 1.09. The summed E-state index contributed by atoms with van der Waals surface area (Å²) in [4.78, 5) is 10.5. The van der Waals surface area contributed by atoms with Crippen molar-refractivity contribution in [2.75, 3.05) is 27.7 Å². The minimum absolute atomic E-state index is 0. The van der Waals surface area contributed by atoms with Crippen LogP contribution in [0.1, 0.15) is 97.3 Å². The molecule has 0 radical (unpaired) electrons. The molecular formula is C20H45IN2O. The van der Waals surface area contributed by atoms with E-state index in [2.05, 4.69) is 35.0 Å². The molecule has 0 unspecified atom stereocenters. The van der Waals surface area contributed by atoms with Crippen molar-refractivity contribution in [3.05, 3.63) is 0 Å². The number of nitrogens with two attached hydrogens (primary N) is 1. The number of quaternary nitrogens is 1. The predicted octanol–water partition coefficient (Wildman–Crippen LogP) is 2.28. The minimum atomic E-state index is -0.157. The molecule has 3 nitrogen and oxygen atoms in total. The molecule has 2 N–H and O–H groups in total. The number of rotatable bonds is 14. The maximum Gasteiger partial charge on any atom is 0.217 e. The number of unbranched alkanes of at least 4 members (excludes halogenated alkanes) is 10. The number of primary amides is 1. The Morgan fingerprint density at radius 1 is 0.708 bits per heavy atom. The van der Waals surface area contributed by atoms with Crippen LogP contribution in [0.2, 0.25) is 0 Å². The molecule has 0 fully saturated rings. The van der Waals surface area contributed by atoms with E-state index in [1.807, 2.05) is 0 Å². The van der Waals surface area contributed by atoms with Crippen LogP contribution in [0.15, 0.2) is 0 Å². The highest BCUT2D eigenvalue weighted by atomic mass is 127. The second kappa shape index (κ2) is 21.2. The summed E-state index contributed by atoms with van der Waals surface area (Å²) in [5.74, 6) is -0.157. The van der Waals surface area contributed by atoms with Gasteiger partial charge in [0.15, 0.2) is 0 Å². The first-order chi connectivity index (χ1) is 10.8. The highest BCUT2D eigenvalue weighted by Gasteiger charge is 2.01. The van der Waals surface area contributed by atoms with E-state index in [1.165, 1.54) is 77.2 Å². The quantitative estimate of drug-likeness (QED) is 0.243. The molecule has 0 bridgehead atoms. The van der Waals surface area contributed by atoms with Crippen molar-refractivity contribution in [3.8, 4) is 0 Å². The van der Waals surface area contributed by atoms with Crippen LogP contribution < -0.4 is 29.7 Å². The molecular weight excluding hydrogens is 411 g/mol. The van der Waals surface area contributed by atoms with Crippen LogP contribution in [0.5, 0.6) is 0 Å². The Hall–Kier alpha value is 0.160. The zero-order chi connectivity index (χ0) is 18.0. The molecule has 0 rings (SSSR count). The Balaban J connectivity index is -0.000000468. The smallest absolute Gasteiger partial charge is 0.217 e. The van der Waals surface area contributed by atoms with Gasteiger partial charge < -0.3 is 34.2 Å². The van der Waals surface area contributed by atoms with Gasteiger partial charge in [0.2, 0.25) is 5.91 Å². The number of hydrogen-bond donors (Lipinski definition) is 1. The van der Waals surface area contributed by atoms with E-state index in [0.29, 0.717) is 6.42 Å². The fraction of sp³-hybridized carbons (Fsp3) is 0.950. The molecule has 1 amide bonds. The van der Waals surface area contributed by atoms with Gasteiger partial charge in [0.05, 0.1) is 27.7 Å². The molecule has 0 aliphatic heterocycles. The maximum atomic E-state index is 10.5. The molecule has 0 saturated heterocycles. The number of nitrogens with zero attached hydrogens (tertiary/aromatic N) is 1. The molecule has 4 heteroatoms. The Kier molecular flexibility index (Phi) is 25.6. The summed E-state index contributed by atoms with van der Waals surface area (Å²) in [7, 11) is 6.64. The lowest BCUT2D eigenvalue weighted by Gasteiger charge is -2.22. The van der Waals surface area contributed by atoms with Crippen molar-refractivity contribution in [1.82, 2.24) is 0 Å². The molecule has 0 saturated carbocycles. The second-order valence-corrected chi connectivity index (χ2v) is 7.77. The van der Waals surface area contributed by atoms with Crippen molar-refractivity contribution in [1.29, 1.82) is 0 Å². The standard InChI is InChI=1S/C14H29NO.C6H16N.HI/c1-2-3-4-5-6-7-8-9-10-11-12-13-14(15)16;1-5-6-7(2,3)4;/h2-13H2,1H3,(H2,15,16);5-6H2,1-4H3;1H/q;+1;/p-1. The molecule has 0 aromatic carbocycles. The third-order valence-electron chi connectivity index (χ3n) is 3.92. The van der Waals surface area contributed by atoms with Crippen LogP contribution >= 0.6 is 0 Å². The van der Waals surface area contributed by atoms with E-state index < -0.39 is 0 Å². The van der Waals surface area contributed by atoms with Gasteiger partial charge in [0.25, 0.3) is 0 Å². The van der Waals surface area contributed by atoms with E-state index in [1.54, 1.807) is 0 Å². The van der Waals surface area contributed by atoms with Crippen molar-refractivity contribution < 1.29 is 33.3 Å². The average Bonchev–Trinajstić information content (AvgIpc) is 2.44. The number of amides is 1. The summed E-state index contributed by atoms with van der Waals surface area (Å²) in [6.07, 6.45) is 16.3. The minimum Gasteiger partial charge on any atom is -1.00 e. The van der Waals surface area contributed by atoms with Gasteiger partial charge in [0.1, 0.15) is 0 Å². The molecule has 0 aliphatic carbocycles. The van der Waals surface area contributed by atoms with Crippen molar-refractivity contribution >= 4 is 5.91 Å². The number of hydrogen-bond acceptors (Lipinski definition) is 1. The molecule has 0 aliphatic rings. The van der Waals surface area contributed by atoms with E-state index in [-0.39, 0.29) is 29.9 Å². The molecule has 0 heterocycles. The van der Waals surface area contributed by atoms with Gasteiger partial charge in [0, 0.05) is 6.42 Å². The van der Waals surface area contributed by atoms with Gasteiger partial charge in [-0.2, -0.15) is 0 Å². The van der Waals surface area contributed by atoms with Gasteiger partial charge in [-0.15, -0.1) is 0 Å². The van der Waals surface area contributed by atoms with E-state index in [4.69, 9.17) is 5.73 Å². The lowest BCUT2D eigenvalue weighted by atomic mass is 10.1. The fourth-order valence-electron chi connectivity index (χ4n) is 2.63. The van der Waals surface area contributed by atoms with Gasteiger partial charge in [-0.05, 0) is 12.8 Å². The molecule has 0 aromatic rings. The highest BCUT2D eigenvalue weighted by Crippen LogP contribution is 2.11. The van der Waals surface area contributed by atoms with Crippen LogP contribution in [0.3, 0.4) is 0 Å². The second-order valence-electron chi connectivity index (χ2n) is 7.77. The number of carbonyl (C=O) groups excluding carboxylic acids is 1. The highest BCUT2D eigenvalue weighted by molar-refractivity contribution is 5.73. The Labute approximate surface area is 169 Å². The summed E-state index contributed by atoms with van der Waals surface area (Å²) >= 11 is 0. The van der Waals surface area contributed by atoms with E-state index >= 15 is 0 Å². The lowest BCUT2D eigenvalue weighted by molar-refractivity contribution is -0.870. The largest absolute Gasteiger partial charge is 1.00 e. The molecule has 0 aromatic heterocycles.